The first-order valence-corrected chi connectivity index (χ1v) is 14.4. The van der Waals surface area contributed by atoms with Crippen LogP contribution in [0.15, 0.2) is 137 Å². The molecule has 7 rings (SSSR count). The zero-order valence-electron chi connectivity index (χ0n) is 21.0. The fourth-order valence-electron chi connectivity index (χ4n) is 5.23. The van der Waals surface area contributed by atoms with Gasteiger partial charge in [-0.1, -0.05) is 91.0 Å². The van der Waals surface area contributed by atoms with E-state index >= 15 is 0 Å². The summed E-state index contributed by atoms with van der Waals surface area (Å²) >= 11 is 3.86. The van der Waals surface area contributed by atoms with Gasteiger partial charge in [0.25, 0.3) is 0 Å². The van der Waals surface area contributed by atoms with Crippen molar-refractivity contribution in [1.29, 1.82) is 0 Å². The molecule has 2 aliphatic heterocycles. The normalized spacial score (nSPS) is 17.8. The van der Waals surface area contributed by atoms with Crippen LogP contribution < -0.4 is 0 Å². The molecule has 0 bridgehead atoms. The summed E-state index contributed by atoms with van der Waals surface area (Å²) in [5, 5.41) is 0. The molecule has 0 aliphatic carbocycles. The van der Waals surface area contributed by atoms with Gasteiger partial charge in [-0.15, -0.1) is 9.15 Å². The molecule has 2 heterocycles. The Morgan fingerprint density at radius 3 is 1.61 bits per heavy atom. The van der Waals surface area contributed by atoms with Gasteiger partial charge in [0.15, 0.2) is 12.4 Å². The first kappa shape index (κ1) is 23.3. The van der Waals surface area contributed by atoms with E-state index in [0.717, 1.165) is 11.4 Å². The Hall–Kier alpha value is -3.86. The van der Waals surface area contributed by atoms with Gasteiger partial charge in [0, 0.05) is 57.6 Å². The van der Waals surface area contributed by atoms with Crippen LogP contribution in [-0.4, -0.2) is 25.9 Å². The molecule has 2 nitrogen and oxygen atoms in total. The number of hydrogen-bond acceptors (Lipinski definition) is 2. The molecule has 0 saturated heterocycles. The van der Waals surface area contributed by atoms with Crippen LogP contribution in [0.25, 0.3) is 11.1 Å². The predicted molar refractivity (Wildman–Crippen MR) is 161 cm³/mol. The molecule has 0 amide bonds. The minimum atomic E-state index is -0.514. The second-order valence-electron chi connectivity index (χ2n) is 9.51. The third-order valence-electron chi connectivity index (χ3n) is 7.06. The fraction of sp³-hybridized carbons (Fsp3) is 0.0588. The number of rotatable bonds is 3. The van der Waals surface area contributed by atoms with Crippen molar-refractivity contribution in [1.82, 2.24) is 0 Å². The van der Waals surface area contributed by atoms with Gasteiger partial charge >= 0.3 is 4.33 Å². The first-order valence-electron chi connectivity index (χ1n) is 12.8. The van der Waals surface area contributed by atoms with Crippen molar-refractivity contribution in [2.45, 2.75) is 21.0 Å². The lowest BCUT2D eigenvalue weighted by Crippen LogP contribution is -2.47. The molecule has 2 aliphatic rings. The number of para-hydroxylation sites is 2. The average Bonchev–Trinajstić information content (AvgIpc) is 2.98. The minimum Gasteiger partial charge on any atom is -0.114 e. The molecular formula is C34H26N2S2+2. The Morgan fingerprint density at radius 2 is 1.00 bits per heavy atom. The zero-order chi connectivity index (χ0) is 25.5. The van der Waals surface area contributed by atoms with Gasteiger partial charge in [-0.3, -0.25) is 0 Å². The summed E-state index contributed by atoms with van der Waals surface area (Å²) in [6.07, 6.45) is 4.68. The van der Waals surface area contributed by atoms with E-state index in [4.69, 9.17) is 0 Å². The molecule has 0 N–H and O–H groups in total. The highest BCUT2D eigenvalue weighted by molar-refractivity contribution is 8.17. The van der Waals surface area contributed by atoms with Crippen LogP contribution >= 0.6 is 23.5 Å². The minimum absolute atomic E-state index is 0.514. The van der Waals surface area contributed by atoms with Gasteiger partial charge in [-0.05, 0) is 35.7 Å². The molecule has 0 radical (unpaired) electrons. The Labute approximate surface area is 232 Å². The largest absolute Gasteiger partial charge is 0.470 e. The molecular weight excluding hydrogens is 501 g/mol. The molecule has 38 heavy (non-hydrogen) atoms. The molecule has 5 aromatic carbocycles. The number of aryl methyl sites for hydroxylation is 1. The highest BCUT2D eigenvalue weighted by Gasteiger charge is 2.61. The van der Waals surface area contributed by atoms with Crippen LogP contribution in [0.5, 0.6) is 0 Å². The van der Waals surface area contributed by atoms with Crippen LogP contribution in [0.4, 0.5) is 11.4 Å². The number of hydrogen-bond donors (Lipinski definition) is 0. The van der Waals surface area contributed by atoms with E-state index in [0.29, 0.717) is 0 Å². The maximum atomic E-state index is 2.46. The quantitative estimate of drug-likeness (QED) is 0.217. The van der Waals surface area contributed by atoms with E-state index in [-0.39, 0.29) is 0 Å². The van der Waals surface area contributed by atoms with Crippen molar-refractivity contribution in [3.05, 3.63) is 144 Å². The second-order valence-corrected chi connectivity index (χ2v) is 12.1. The molecule has 0 fully saturated rings. The lowest BCUT2D eigenvalue weighted by atomic mass is 10.0. The molecule has 1 atom stereocenters. The van der Waals surface area contributed by atoms with E-state index in [9.17, 15) is 0 Å². The maximum Gasteiger partial charge on any atom is 0.470 e. The van der Waals surface area contributed by atoms with Crippen molar-refractivity contribution in [3.8, 4) is 11.1 Å². The number of nitrogens with zero attached hydrogens (tertiary/aromatic N) is 2. The van der Waals surface area contributed by atoms with E-state index in [1.807, 2.05) is 23.5 Å². The second kappa shape index (κ2) is 9.46. The van der Waals surface area contributed by atoms with Crippen LogP contribution in [0.1, 0.15) is 16.7 Å². The van der Waals surface area contributed by atoms with Gasteiger partial charge in [0.05, 0.1) is 11.1 Å². The van der Waals surface area contributed by atoms with E-state index in [1.165, 1.54) is 37.6 Å². The van der Waals surface area contributed by atoms with E-state index < -0.39 is 4.33 Å². The van der Waals surface area contributed by atoms with Gasteiger partial charge < -0.3 is 0 Å². The van der Waals surface area contributed by atoms with E-state index in [1.54, 1.807) is 0 Å². The molecule has 1 spiro atoms. The monoisotopic (exact) mass is 526 g/mol. The summed E-state index contributed by atoms with van der Waals surface area (Å²) in [6.45, 7) is 2.22. The average molecular weight is 527 g/mol. The molecule has 0 aromatic heterocycles. The van der Waals surface area contributed by atoms with Gasteiger partial charge in [-0.2, -0.15) is 0 Å². The number of benzene rings is 5. The van der Waals surface area contributed by atoms with Crippen LogP contribution in [0.3, 0.4) is 0 Å². The van der Waals surface area contributed by atoms with Crippen molar-refractivity contribution in [2.75, 3.05) is 0 Å². The standard InChI is InChI=1S/C34H26N2S2/c1-25-13-11-16-27-23-35(29-18-7-3-8-19-29)34(37-32(25)27)36(30-20-9-4-10-21-30)24-28-17-12-22-31(33(28)38-34)26-14-5-2-6-15-26/h2-24H,1H3/q+2. The van der Waals surface area contributed by atoms with Crippen molar-refractivity contribution >= 4 is 47.3 Å². The summed E-state index contributed by atoms with van der Waals surface area (Å²) in [7, 11) is 0. The predicted octanol–water partition coefficient (Wildman–Crippen LogP) is 8.71. The Bertz CT molecular complexity index is 1710. The lowest BCUT2D eigenvalue weighted by molar-refractivity contribution is -0.690. The van der Waals surface area contributed by atoms with Crippen LogP contribution in [0.2, 0.25) is 0 Å². The van der Waals surface area contributed by atoms with Gasteiger partial charge in [0.2, 0.25) is 11.4 Å². The van der Waals surface area contributed by atoms with Crippen molar-refractivity contribution in [3.63, 3.8) is 0 Å². The molecule has 0 saturated carbocycles. The number of thioether (sulfide) groups is 2. The van der Waals surface area contributed by atoms with Crippen LogP contribution in [0, 0.1) is 6.92 Å². The molecule has 182 valence electrons. The van der Waals surface area contributed by atoms with Gasteiger partial charge in [0.1, 0.15) is 0 Å². The van der Waals surface area contributed by atoms with Crippen molar-refractivity contribution in [2.24, 2.45) is 0 Å². The van der Waals surface area contributed by atoms with Gasteiger partial charge in [-0.25, -0.2) is 0 Å². The maximum absolute atomic E-state index is 2.46. The first-order chi connectivity index (χ1) is 18.7. The SMILES string of the molecule is Cc1cccc2c1SC1(Sc3c(cccc3-c3ccccc3)C=[N+]1c1ccccc1)[N+](c1ccccc1)=C2. The lowest BCUT2D eigenvalue weighted by Gasteiger charge is -2.32. The topological polar surface area (TPSA) is 6.02 Å². The Kier molecular flexibility index (Phi) is 5.80. The molecule has 1 unspecified atom stereocenters. The molecule has 5 aromatic rings. The van der Waals surface area contributed by atoms with Crippen LogP contribution in [-0.2, 0) is 0 Å². The summed E-state index contributed by atoms with van der Waals surface area (Å²) in [5.41, 5.74) is 8.60. The Balaban J connectivity index is 1.55. The van der Waals surface area contributed by atoms with Crippen molar-refractivity contribution < 1.29 is 9.15 Å². The smallest absolute Gasteiger partial charge is 0.114 e. The molecule has 4 heteroatoms. The Morgan fingerprint density at radius 1 is 0.500 bits per heavy atom. The highest BCUT2D eigenvalue weighted by atomic mass is 32.2. The zero-order valence-corrected chi connectivity index (χ0v) is 22.6. The number of fused-ring (bicyclic) bond motifs is 2. The summed E-state index contributed by atoms with van der Waals surface area (Å²) < 4.78 is 4.40. The summed E-state index contributed by atoms with van der Waals surface area (Å²) in [4.78, 5) is 2.62. The fourth-order valence-corrected chi connectivity index (χ4v) is 8.45. The third-order valence-corrected chi connectivity index (χ3v) is 10.3. The van der Waals surface area contributed by atoms with E-state index in [2.05, 4.69) is 156 Å². The highest BCUT2D eigenvalue weighted by Crippen LogP contribution is 2.57. The summed E-state index contributed by atoms with van der Waals surface area (Å²) in [5.74, 6) is 0. The third kappa shape index (κ3) is 3.84. The summed E-state index contributed by atoms with van der Waals surface area (Å²) in [6, 6.07) is 45.5.